The van der Waals surface area contributed by atoms with Crippen molar-refractivity contribution in [2.24, 2.45) is 0 Å². The Kier molecular flexibility index (Phi) is 4.73. The summed E-state index contributed by atoms with van der Waals surface area (Å²) < 4.78 is 0. The highest BCUT2D eigenvalue weighted by Crippen LogP contribution is 2.30. The molecule has 0 radical (unpaired) electrons. The molecule has 0 aliphatic carbocycles. The molecule has 3 rings (SSSR count). The Bertz CT molecular complexity index is 831. The maximum atomic E-state index is 12.5. The predicted molar refractivity (Wildman–Crippen MR) is 96.3 cm³/mol. The number of aromatic nitrogens is 2. The third kappa shape index (κ3) is 3.43. The number of benzene rings is 1. The maximum Gasteiger partial charge on any atom is 0.260 e. The first-order valence-electron chi connectivity index (χ1n) is 7.02. The molecule has 0 atom stereocenters. The van der Waals surface area contributed by atoms with Crippen molar-refractivity contribution in [2.45, 2.75) is 11.9 Å². The van der Waals surface area contributed by atoms with Gasteiger partial charge in [0.05, 0.1) is 11.3 Å². The van der Waals surface area contributed by atoms with Crippen LogP contribution in [0.2, 0.25) is 0 Å². The summed E-state index contributed by atoms with van der Waals surface area (Å²) in [5, 5.41) is 4.19. The fraction of sp³-hybridized carbons (Fsp3) is 0.118. The van der Waals surface area contributed by atoms with Gasteiger partial charge in [0.2, 0.25) is 0 Å². The molecule has 1 amide bonds. The summed E-state index contributed by atoms with van der Waals surface area (Å²) in [5.41, 5.74) is 2.52. The molecule has 6 heteroatoms. The van der Waals surface area contributed by atoms with Crippen LogP contribution in [0.25, 0.3) is 11.3 Å². The van der Waals surface area contributed by atoms with Crippen molar-refractivity contribution in [1.82, 2.24) is 9.97 Å². The van der Waals surface area contributed by atoms with Gasteiger partial charge in [0.25, 0.3) is 5.91 Å². The lowest BCUT2D eigenvalue weighted by Crippen LogP contribution is -2.13. The second-order valence-corrected chi connectivity index (χ2v) is 6.80. The Labute approximate surface area is 143 Å². The number of aryl methyl sites for hydroxylation is 1. The van der Waals surface area contributed by atoms with Gasteiger partial charge in [-0.05, 0) is 25.3 Å². The molecular formula is C17H15N3OS2. The minimum Gasteiger partial charge on any atom is -0.298 e. The molecule has 4 nitrogen and oxygen atoms in total. The van der Waals surface area contributed by atoms with E-state index in [9.17, 15) is 4.79 Å². The van der Waals surface area contributed by atoms with Gasteiger partial charge in [0.15, 0.2) is 5.13 Å². The van der Waals surface area contributed by atoms with E-state index in [2.05, 4.69) is 15.3 Å². The van der Waals surface area contributed by atoms with Crippen molar-refractivity contribution in [3.63, 3.8) is 0 Å². The first kappa shape index (κ1) is 15.7. The van der Waals surface area contributed by atoms with Crippen LogP contribution in [0.4, 0.5) is 5.13 Å². The van der Waals surface area contributed by atoms with Crippen molar-refractivity contribution in [1.29, 1.82) is 0 Å². The predicted octanol–water partition coefficient (Wildman–Crippen LogP) is 4.49. The number of amides is 1. The minimum atomic E-state index is -0.184. The lowest BCUT2D eigenvalue weighted by molar-refractivity contribution is 0.102. The van der Waals surface area contributed by atoms with Gasteiger partial charge in [-0.1, -0.05) is 30.3 Å². The molecular weight excluding hydrogens is 326 g/mol. The van der Waals surface area contributed by atoms with Gasteiger partial charge >= 0.3 is 0 Å². The number of rotatable bonds is 4. The van der Waals surface area contributed by atoms with Crippen molar-refractivity contribution in [2.75, 3.05) is 11.6 Å². The van der Waals surface area contributed by atoms with Crippen LogP contribution < -0.4 is 5.32 Å². The summed E-state index contributed by atoms with van der Waals surface area (Å²) in [6, 6.07) is 13.5. The zero-order valence-corrected chi connectivity index (χ0v) is 14.4. The van der Waals surface area contributed by atoms with E-state index < -0.39 is 0 Å². The van der Waals surface area contributed by atoms with Crippen molar-refractivity contribution >= 4 is 34.1 Å². The number of carbonyl (C=O) groups is 1. The molecule has 0 saturated heterocycles. The fourth-order valence-corrected chi connectivity index (χ4v) is 3.58. The van der Waals surface area contributed by atoms with Gasteiger partial charge in [-0.15, -0.1) is 23.1 Å². The molecule has 0 bridgehead atoms. The second kappa shape index (κ2) is 6.93. The number of hydrogen-bond acceptors (Lipinski definition) is 5. The molecule has 1 aromatic carbocycles. The number of nitrogens with one attached hydrogen (secondary N) is 1. The fourth-order valence-electron chi connectivity index (χ4n) is 2.20. The molecule has 3 aromatic rings. The van der Waals surface area contributed by atoms with Gasteiger partial charge in [0.1, 0.15) is 5.03 Å². The van der Waals surface area contributed by atoms with E-state index in [0.29, 0.717) is 15.7 Å². The summed E-state index contributed by atoms with van der Waals surface area (Å²) in [6.07, 6.45) is 3.59. The van der Waals surface area contributed by atoms with Crippen LogP contribution in [0, 0.1) is 6.92 Å². The average molecular weight is 341 g/mol. The van der Waals surface area contributed by atoms with Gasteiger partial charge in [-0.2, -0.15) is 0 Å². The quantitative estimate of drug-likeness (QED) is 0.711. The molecule has 0 saturated carbocycles. The standard InChI is InChI=1S/C17H15N3OS2/c1-11-14(12-7-4-3-5-8-12)19-17(23-11)20-15(21)13-9-6-10-18-16(13)22-2/h3-10H,1-2H3,(H,19,20,21). The van der Waals surface area contributed by atoms with Gasteiger partial charge in [0, 0.05) is 16.6 Å². The average Bonchev–Trinajstić information content (AvgIpc) is 2.95. The third-order valence-corrected chi connectivity index (χ3v) is 4.87. The number of thioether (sulfide) groups is 1. The van der Waals surface area contributed by atoms with Gasteiger partial charge in [-0.25, -0.2) is 9.97 Å². The summed E-state index contributed by atoms with van der Waals surface area (Å²) in [4.78, 5) is 22.3. The summed E-state index contributed by atoms with van der Waals surface area (Å²) in [5.74, 6) is -0.184. The van der Waals surface area contributed by atoms with Crippen LogP contribution in [-0.2, 0) is 0 Å². The third-order valence-electron chi connectivity index (χ3n) is 3.27. The topological polar surface area (TPSA) is 54.9 Å². The van der Waals surface area contributed by atoms with Gasteiger partial charge < -0.3 is 0 Å². The lowest BCUT2D eigenvalue weighted by Gasteiger charge is -2.05. The van der Waals surface area contributed by atoms with Crippen molar-refractivity contribution in [3.8, 4) is 11.3 Å². The Balaban J connectivity index is 1.85. The summed E-state index contributed by atoms with van der Waals surface area (Å²) in [7, 11) is 0. The van der Waals surface area contributed by atoms with E-state index in [4.69, 9.17) is 0 Å². The Morgan fingerprint density at radius 2 is 1.96 bits per heavy atom. The van der Waals surface area contributed by atoms with E-state index in [0.717, 1.165) is 16.1 Å². The van der Waals surface area contributed by atoms with Crippen LogP contribution in [-0.4, -0.2) is 22.1 Å². The highest BCUT2D eigenvalue weighted by molar-refractivity contribution is 7.98. The number of thiazole rings is 1. The molecule has 2 heterocycles. The number of pyridine rings is 1. The molecule has 0 spiro atoms. The molecule has 0 fully saturated rings. The maximum absolute atomic E-state index is 12.5. The Hall–Kier alpha value is -2.18. The number of carbonyl (C=O) groups excluding carboxylic acids is 1. The molecule has 2 aromatic heterocycles. The van der Waals surface area contributed by atoms with Crippen LogP contribution in [0.3, 0.4) is 0 Å². The first-order chi connectivity index (χ1) is 11.2. The number of hydrogen-bond donors (Lipinski definition) is 1. The number of nitrogens with zero attached hydrogens (tertiary/aromatic N) is 2. The van der Waals surface area contributed by atoms with Crippen molar-refractivity contribution < 1.29 is 4.79 Å². The first-order valence-corrected chi connectivity index (χ1v) is 9.06. The monoisotopic (exact) mass is 341 g/mol. The molecule has 1 N–H and O–H groups in total. The van der Waals surface area contributed by atoms with E-state index in [1.165, 1.54) is 23.1 Å². The largest absolute Gasteiger partial charge is 0.298 e. The van der Waals surface area contributed by atoms with Crippen LogP contribution in [0.5, 0.6) is 0 Å². The SMILES string of the molecule is CSc1ncccc1C(=O)Nc1nc(-c2ccccc2)c(C)s1. The zero-order valence-electron chi connectivity index (χ0n) is 12.7. The zero-order chi connectivity index (χ0) is 16.2. The van der Waals surface area contributed by atoms with E-state index in [-0.39, 0.29) is 5.91 Å². The molecule has 0 unspecified atom stereocenters. The Morgan fingerprint density at radius 3 is 2.70 bits per heavy atom. The Morgan fingerprint density at radius 1 is 1.17 bits per heavy atom. The lowest BCUT2D eigenvalue weighted by atomic mass is 10.1. The van der Waals surface area contributed by atoms with E-state index in [1.807, 2.05) is 43.5 Å². The molecule has 0 aliphatic heterocycles. The highest BCUT2D eigenvalue weighted by Gasteiger charge is 2.15. The van der Waals surface area contributed by atoms with Crippen LogP contribution >= 0.6 is 23.1 Å². The molecule has 0 aliphatic rings. The summed E-state index contributed by atoms with van der Waals surface area (Å²) in [6.45, 7) is 2.01. The second-order valence-electron chi connectivity index (χ2n) is 4.80. The van der Waals surface area contributed by atoms with Gasteiger partial charge in [-0.3, -0.25) is 10.1 Å². The van der Waals surface area contributed by atoms with E-state index >= 15 is 0 Å². The molecule has 23 heavy (non-hydrogen) atoms. The normalized spacial score (nSPS) is 10.5. The van der Waals surface area contributed by atoms with Crippen molar-refractivity contribution in [3.05, 3.63) is 59.1 Å². The summed E-state index contributed by atoms with van der Waals surface area (Å²) >= 11 is 2.93. The van der Waals surface area contributed by atoms with Crippen LogP contribution in [0.1, 0.15) is 15.2 Å². The highest BCUT2D eigenvalue weighted by atomic mass is 32.2. The smallest absolute Gasteiger partial charge is 0.260 e. The minimum absolute atomic E-state index is 0.184. The number of anilines is 1. The molecule has 116 valence electrons. The van der Waals surface area contributed by atoms with E-state index in [1.54, 1.807) is 18.3 Å². The van der Waals surface area contributed by atoms with Crippen LogP contribution in [0.15, 0.2) is 53.7 Å².